The van der Waals surface area contributed by atoms with E-state index in [0.29, 0.717) is 6.42 Å². The summed E-state index contributed by atoms with van der Waals surface area (Å²) in [5.41, 5.74) is 0. The summed E-state index contributed by atoms with van der Waals surface area (Å²) in [5, 5.41) is 7.12. The standard InChI is InChI=1S/C11H14F2O2S2.C8H7F2IO2S2.C7H5ClF2O4S2.C2HF3O2.2Cl2.H2O/c1-2-3-9-16-11(12,13)17(14,15)10-7-5-4-6-8-10;9-8(10,14-6-11)15(12,13)7-4-2-1-3-5-7;8-16(13,14)7(9,10)15(11,12)6-4-2-1-3-5-6;3-2(4,5)1(6)7;2*1-2;/h4-8H,2-3,9H2,1H3;1-5H,6H2;1-5H;(H,6,7);;;1H2. The Morgan fingerprint density at radius 2 is 0.867 bits per heavy atom. The number of rotatable bonds is 13. The first-order valence-electron chi connectivity index (χ1n) is 14.3. The van der Waals surface area contributed by atoms with E-state index in [-0.39, 0.29) is 48.3 Å². The van der Waals surface area contributed by atoms with Crippen molar-refractivity contribution in [3.63, 3.8) is 0 Å². The zero-order chi connectivity index (χ0) is 47.2. The summed E-state index contributed by atoms with van der Waals surface area (Å²) in [6.07, 6.45) is -3.75. The molecule has 0 unspecified atom stereocenters. The summed E-state index contributed by atoms with van der Waals surface area (Å²) in [5.74, 6) is -2.62. The molecule has 0 bridgehead atoms. The molecule has 11 nitrogen and oxygen atoms in total. The van der Waals surface area contributed by atoms with Crippen molar-refractivity contribution in [2.24, 2.45) is 0 Å². The average Bonchev–Trinajstić information content (AvgIpc) is 3.17. The molecule has 0 amide bonds. The number of carboxylic acid groups (broad SMARTS) is 1. The number of hydrogen-bond acceptors (Lipinski definition) is 11. The van der Waals surface area contributed by atoms with Gasteiger partial charge < -0.3 is 10.6 Å². The van der Waals surface area contributed by atoms with Crippen molar-refractivity contribution in [2.75, 3.05) is 9.51 Å². The van der Waals surface area contributed by atoms with Crippen molar-refractivity contribution < 1.29 is 88.6 Å². The number of hydrogen-bond donors (Lipinski definition) is 1. The predicted octanol–water partition coefficient (Wildman–Crippen LogP) is 10.8. The highest BCUT2D eigenvalue weighted by atomic mass is 127. The minimum atomic E-state index is -5.56. The van der Waals surface area contributed by atoms with E-state index in [1.807, 2.05) is 6.92 Å². The first kappa shape index (κ1) is 65.8. The third-order valence-electron chi connectivity index (χ3n) is 5.62. The third-order valence-corrected chi connectivity index (χ3v) is 17.1. The van der Waals surface area contributed by atoms with Crippen LogP contribution in [0.25, 0.3) is 0 Å². The van der Waals surface area contributed by atoms with Gasteiger partial charge in [-0.15, -0.1) is 0 Å². The molecule has 0 saturated heterocycles. The minimum absolute atomic E-state index is 0. The fourth-order valence-electron chi connectivity index (χ4n) is 2.90. The van der Waals surface area contributed by atoms with Crippen LogP contribution in [0, 0.1) is 0 Å². The summed E-state index contributed by atoms with van der Waals surface area (Å²) < 4.78 is 189. The summed E-state index contributed by atoms with van der Waals surface area (Å²) in [6.45, 7) is 1.87. The zero-order valence-electron chi connectivity index (χ0n) is 29.2. The highest BCUT2D eigenvalue weighted by Crippen LogP contribution is 2.41. The molecule has 3 aromatic carbocycles. The lowest BCUT2D eigenvalue weighted by atomic mass is 10.4. The van der Waals surface area contributed by atoms with Crippen molar-refractivity contribution >= 4 is 145 Å². The molecule has 3 N–H and O–H groups in total. The maximum atomic E-state index is 13.6. The maximum absolute atomic E-state index is 13.6. The molecule has 0 aliphatic carbocycles. The van der Waals surface area contributed by atoms with E-state index in [9.17, 15) is 73.2 Å². The molecule has 0 spiro atoms. The molecule has 0 aromatic heterocycles. The number of aliphatic carboxylic acids is 1. The van der Waals surface area contributed by atoms with Crippen LogP contribution in [0.4, 0.5) is 39.5 Å². The van der Waals surface area contributed by atoms with Crippen LogP contribution in [0.5, 0.6) is 0 Å². The second-order valence-electron chi connectivity index (χ2n) is 9.54. The Morgan fingerprint density at radius 3 is 1.10 bits per heavy atom. The Morgan fingerprint density at radius 1 is 0.600 bits per heavy atom. The maximum Gasteiger partial charge on any atom is 0.490 e. The zero-order valence-corrected chi connectivity index (χ0v) is 40.1. The van der Waals surface area contributed by atoms with Gasteiger partial charge in [-0.3, -0.25) is 0 Å². The number of halogens is 15. The summed E-state index contributed by atoms with van der Waals surface area (Å²) >= 11 is 1.98. The van der Waals surface area contributed by atoms with Crippen LogP contribution >= 0.6 is 100 Å². The molecule has 3 aromatic rings. The molecular weight excluding hydrogens is 1180 g/mol. The van der Waals surface area contributed by atoms with E-state index in [2.05, 4.69) is 54.1 Å². The summed E-state index contributed by atoms with van der Waals surface area (Å²) in [6, 6.07) is 19.0. The molecular formula is C28H29Cl5F9IO11S6. The van der Waals surface area contributed by atoms with Gasteiger partial charge in [0, 0.05) is 59.9 Å². The monoisotopic (exact) mass is 1210 g/mol. The number of benzene rings is 3. The van der Waals surface area contributed by atoms with E-state index in [1.165, 1.54) is 54.6 Å². The van der Waals surface area contributed by atoms with E-state index >= 15 is 0 Å². The fraction of sp³-hybridized carbons (Fsp3) is 0.321. The fourth-order valence-corrected chi connectivity index (χ4v) is 12.2. The van der Waals surface area contributed by atoms with Crippen LogP contribution < -0.4 is 0 Å². The number of carboxylic acids is 1. The lowest BCUT2D eigenvalue weighted by molar-refractivity contribution is -0.192. The highest BCUT2D eigenvalue weighted by Gasteiger charge is 2.57. The topological polar surface area (TPSA) is 205 Å². The number of thioether (sulfide) groups is 2. The Kier molecular flexibility index (Phi) is 32.4. The number of carbonyl (C=O) groups is 1. The van der Waals surface area contributed by atoms with Crippen LogP contribution in [0.2, 0.25) is 0 Å². The second-order valence-corrected chi connectivity index (χ2v) is 23.0. The van der Waals surface area contributed by atoms with Gasteiger partial charge in [-0.25, -0.2) is 38.5 Å². The van der Waals surface area contributed by atoms with Gasteiger partial charge in [-0.1, -0.05) is 114 Å². The molecule has 0 radical (unpaired) electrons. The molecule has 0 atom stereocenters. The van der Waals surface area contributed by atoms with Crippen LogP contribution in [0.1, 0.15) is 19.8 Å². The van der Waals surface area contributed by atoms with Crippen molar-refractivity contribution in [3.05, 3.63) is 91.0 Å². The van der Waals surface area contributed by atoms with Crippen LogP contribution in [0.3, 0.4) is 0 Å². The molecule has 32 heteroatoms. The summed E-state index contributed by atoms with van der Waals surface area (Å²) in [4.78, 5) is 7.39. The normalized spacial score (nSPS) is 11.9. The Labute approximate surface area is 384 Å². The van der Waals surface area contributed by atoms with Gasteiger partial charge in [0.05, 0.1) is 18.4 Å². The van der Waals surface area contributed by atoms with Crippen LogP contribution in [-0.2, 0) is 43.4 Å². The molecule has 0 saturated carbocycles. The first-order chi connectivity index (χ1) is 26.9. The Balaban J connectivity index is -0.000000347. The van der Waals surface area contributed by atoms with Crippen LogP contribution in [0.15, 0.2) is 106 Å². The Hall–Kier alpha value is -0.860. The van der Waals surface area contributed by atoms with Crippen molar-refractivity contribution in [1.82, 2.24) is 0 Å². The Bertz CT molecular complexity index is 2120. The van der Waals surface area contributed by atoms with Crippen LogP contribution in [-0.4, -0.2) is 79.7 Å². The number of unbranched alkanes of at least 4 members (excludes halogenated alkanes) is 1. The van der Waals surface area contributed by atoms with E-state index in [4.69, 9.17) is 9.90 Å². The third kappa shape index (κ3) is 20.8. The van der Waals surface area contributed by atoms with Crippen molar-refractivity contribution in [1.29, 1.82) is 0 Å². The van der Waals surface area contributed by atoms with E-state index in [1.54, 1.807) is 34.7 Å². The molecule has 0 fully saturated rings. The van der Waals surface area contributed by atoms with Gasteiger partial charge in [0.1, 0.15) is 0 Å². The molecule has 3 rings (SSSR count). The molecule has 0 aliphatic heterocycles. The van der Waals surface area contributed by atoms with Gasteiger partial charge in [0.2, 0.25) is 0 Å². The predicted molar refractivity (Wildman–Crippen MR) is 225 cm³/mol. The van der Waals surface area contributed by atoms with E-state index < -0.39 is 69.4 Å². The lowest BCUT2D eigenvalue weighted by Gasteiger charge is -2.16. The van der Waals surface area contributed by atoms with Gasteiger partial charge in [-0.2, -0.15) is 39.5 Å². The van der Waals surface area contributed by atoms with Gasteiger partial charge in [-0.05, 0) is 42.8 Å². The lowest BCUT2D eigenvalue weighted by Crippen LogP contribution is -2.34. The number of sulfone groups is 3. The SMILES string of the molecule is CCCCSC(F)(F)S(=O)(=O)c1ccccc1.ClCl.ClCl.O.O=C(O)C(F)(F)F.O=S(=O)(Cl)C(F)(F)S(=O)(=O)c1ccccc1.O=S(=O)(c1ccccc1)C(F)(F)SCI. The molecule has 348 valence electrons. The van der Waals surface area contributed by atoms with Crippen molar-refractivity contribution in [2.45, 2.75) is 54.4 Å². The van der Waals surface area contributed by atoms with E-state index in [0.717, 1.165) is 30.7 Å². The van der Waals surface area contributed by atoms with Gasteiger partial charge in [0.15, 0.2) is 0 Å². The number of alkyl halides is 10. The quantitative estimate of drug-likeness (QED) is 0.0558. The highest BCUT2D eigenvalue weighted by molar-refractivity contribution is 14.1. The largest absolute Gasteiger partial charge is 0.490 e. The first-order valence-corrected chi connectivity index (χ1v) is 26.8. The molecule has 0 aliphatic rings. The minimum Gasteiger partial charge on any atom is -0.475 e. The average molecular weight is 1210 g/mol. The molecule has 60 heavy (non-hydrogen) atoms. The van der Waals surface area contributed by atoms with Gasteiger partial charge >= 0.3 is 35.0 Å². The van der Waals surface area contributed by atoms with Gasteiger partial charge in [0.25, 0.3) is 29.5 Å². The van der Waals surface area contributed by atoms with Crippen molar-refractivity contribution in [3.8, 4) is 0 Å². The summed E-state index contributed by atoms with van der Waals surface area (Å²) in [7, 11) is 0.775. The molecule has 0 heterocycles. The second kappa shape index (κ2) is 29.6. The smallest absolute Gasteiger partial charge is 0.475 e.